The molecule has 1 N–H and O–H groups in total. The van der Waals surface area contributed by atoms with Gasteiger partial charge >= 0.3 is 6.18 Å². The number of rotatable bonds is 5. The maximum atomic E-state index is 13.1. The fourth-order valence-electron chi connectivity index (χ4n) is 3.46. The number of hydrogen-bond donors (Lipinski definition) is 1. The van der Waals surface area contributed by atoms with E-state index in [9.17, 15) is 22.8 Å². The Balaban J connectivity index is 0.000000192. The summed E-state index contributed by atoms with van der Waals surface area (Å²) < 4.78 is 39.2. The van der Waals surface area contributed by atoms with Crippen molar-refractivity contribution >= 4 is 17.6 Å². The van der Waals surface area contributed by atoms with E-state index in [0.717, 1.165) is 18.5 Å². The van der Waals surface area contributed by atoms with Gasteiger partial charge in [0.25, 0.3) is 0 Å². The van der Waals surface area contributed by atoms with Gasteiger partial charge < -0.3 is 10.2 Å². The van der Waals surface area contributed by atoms with E-state index in [1.165, 1.54) is 29.2 Å². The Hall–Kier alpha value is -3.82. The number of hydrogen-bond acceptors (Lipinski definition) is 5. The Kier molecular flexibility index (Phi) is 8.66. The van der Waals surface area contributed by atoms with Crippen LogP contribution in [0.5, 0.6) is 0 Å². The monoisotopic (exact) mass is 471 g/mol. The number of aromatic nitrogens is 3. The van der Waals surface area contributed by atoms with Gasteiger partial charge in [-0.2, -0.15) is 18.3 Å². The molecule has 2 amide bonds. The molecule has 178 valence electrons. The fraction of sp³-hybridized carbons (Fsp3) is 0.292. The summed E-state index contributed by atoms with van der Waals surface area (Å²) in [7, 11) is 0. The van der Waals surface area contributed by atoms with Gasteiger partial charge in [-0.25, -0.2) is 0 Å². The number of carbonyl (C=O) groups excluding carboxylic acids is 2. The molecule has 1 unspecified atom stereocenters. The minimum atomic E-state index is -4.54. The molecule has 1 aliphatic rings. The van der Waals surface area contributed by atoms with E-state index in [2.05, 4.69) is 20.5 Å². The molecule has 1 saturated heterocycles. The number of nitrogens with zero attached hydrogens (tertiary/aromatic N) is 4. The van der Waals surface area contributed by atoms with Crippen LogP contribution in [0.1, 0.15) is 30.0 Å². The number of alkyl halides is 3. The zero-order chi connectivity index (χ0) is 24.4. The molecule has 4 rings (SSSR count). The molecule has 3 heterocycles. The van der Waals surface area contributed by atoms with Gasteiger partial charge in [0.05, 0.1) is 6.42 Å². The number of halogens is 3. The quantitative estimate of drug-likeness (QED) is 0.608. The summed E-state index contributed by atoms with van der Waals surface area (Å²) in [4.78, 5) is 28.9. The van der Waals surface area contributed by atoms with Crippen molar-refractivity contribution in [1.29, 1.82) is 0 Å². The predicted molar refractivity (Wildman–Crippen MR) is 120 cm³/mol. The molecule has 0 radical (unpaired) electrons. The second-order valence-corrected chi connectivity index (χ2v) is 7.57. The van der Waals surface area contributed by atoms with Crippen molar-refractivity contribution in [2.75, 3.05) is 18.4 Å². The summed E-state index contributed by atoms with van der Waals surface area (Å²) in [6.07, 6.45) is 0.466. The molecule has 1 atom stereocenters. The van der Waals surface area contributed by atoms with Crippen molar-refractivity contribution < 1.29 is 22.8 Å². The van der Waals surface area contributed by atoms with Crippen LogP contribution in [-0.2, 0) is 16.0 Å². The minimum Gasteiger partial charge on any atom is -0.342 e. The van der Waals surface area contributed by atoms with Crippen molar-refractivity contribution in [3.63, 3.8) is 0 Å². The molecule has 0 aliphatic carbocycles. The van der Waals surface area contributed by atoms with Crippen molar-refractivity contribution in [2.24, 2.45) is 0 Å². The van der Waals surface area contributed by atoms with E-state index < -0.39 is 18.0 Å². The lowest BCUT2D eigenvalue weighted by Gasteiger charge is -2.25. The molecular formula is C24H24F3N5O2. The first-order valence-electron chi connectivity index (χ1n) is 10.7. The Bertz CT molecular complexity index is 1000. The Morgan fingerprint density at radius 3 is 2.24 bits per heavy atom. The van der Waals surface area contributed by atoms with Crippen LogP contribution < -0.4 is 5.32 Å². The van der Waals surface area contributed by atoms with Crippen LogP contribution in [0.2, 0.25) is 0 Å². The topological polar surface area (TPSA) is 88.1 Å². The SMILES string of the molecule is O=C(C(c1ccccc1)C(F)(F)F)N1CCCC1.O=C(Cc1ccccn1)Nc1cccnn1. The number of amides is 2. The lowest BCUT2D eigenvalue weighted by molar-refractivity contribution is -0.171. The second-order valence-electron chi connectivity index (χ2n) is 7.57. The lowest BCUT2D eigenvalue weighted by Crippen LogP contribution is -2.39. The highest BCUT2D eigenvalue weighted by Gasteiger charge is 2.47. The summed E-state index contributed by atoms with van der Waals surface area (Å²) in [6.45, 7) is 0.858. The van der Waals surface area contributed by atoms with E-state index in [-0.39, 0.29) is 17.9 Å². The van der Waals surface area contributed by atoms with Crippen LogP contribution in [0.4, 0.5) is 19.0 Å². The van der Waals surface area contributed by atoms with E-state index in [1.807, 2.05) is 12.1 Å². The molecule has 1 aromatic carbocycles. The van der Waals surface area contributed by atoms with Crippen LogP contribution in [0.15, 0.2) is 73.1 Å². The summed E-state index contributed by atoms with van der Waals surface area (Å²) in [5, 5.41) is 10.1. The maximum absolute atomic E-state index is 13.1. The largest absolute Gasteiger partial charge is 0.404 e. The Morgan fingerprint density at radius 1 is 0.941 bits per heavy atom. The van der Waals surface area contributed by atoms with E-state index in [0.29, 0.717) is 18.9 Å². The fourth-order valence-corrected chi connectivity index (χ4v) is 3.46. The summed E-state index contributed by atoms with van der Waals surface area (Å²) in [5.41, 5.74) is 0.741. The smallest absolute Gasteiger partial charge is 0.342 e. The van der Waals surface area contributed by atoms with Gasteiger partial charge in [0, 0.05) is 31.2 Å². The average molecular weight is 471 g/mol. The summed E-state index contributed by atoms with van der Waals surface area (Å²) >= 11 is 0. The van der Waals surface area contributed by atoms with Gasteiger partial charge in [-0.05, 0) is 42.7 Å². The first kappa shape index (κ1) is 24.8. The normalized spacial score (nSPS) is 14.0. The number of carbonyl (C=O) groups is 2. The van der Waals surface area contributed by atoms with Crippen molar-refractivity contribution in [3.05, 3.63) is 84.3 Å². The number of pyridine rings is 1. The molecule has 3 aromatic rings. The molecule has 1 fully saturated rings. The molecule has 7 nitrogen and oxygen atoms in total. The summed E-state index contributed by atoms with van der Waals surface area (Å²) in [5.74, 6) is -2.56. The lowest BCUT2D eigenvalue weighted by atomic mass is 9.97. The summed E-state index contributed by atoms with van der Waals surface area (Å²) in [6, 6.07) is 16.2. The standard InChI is InChI=1S/C13H14F3NO.C11H10N4O/c14-13(15,16)11(10-6-2-1-3-7-10)12(18)17-8-4-5-9-17;16-11(8-9-4-1-2-6-12-9)14-10-5-3-7-13-15-10/h1-3,6-7,11H,4-5,8-9H2;1-7H,8H2,(H,14,15,16). The van der Waals surface area contributed by atoms with Gasteiger partial charge in [-0.15, -0.1) is 5.10 Å². The molecule has 34 heavy (non-hydrogen) atoms. The van der Waals surface area contributed by atoms with Crippen LogP contribution >= 0.6 is 0 Å². The Labute approximate surface area is 195 Å². The highest BCUT2D eigenvalue weighted by atomic mass is 19.4. The van der Waals surface area contributed by atoms with Crippen molar-refractivity contribution in [3.8, 4) is 0 Å². The molecule has 0 spiro atoms. The highest BCUT2D eigenvalue weighted by molar-refractivity contribution is 5.91. The van der Waals surface area contributed by atoms with Crippen LogP contribution in [0, 0.1) is 0 Å². The number of benzene rings is 1. The van der Waals surface area contributed by atoms with Gasteiger partial charge in [-0.1, -0.05) is 36.4 Å². The van der Waals surface area contributed by atoms with E-state index in [4.69, 9.17) is 0 Å². The minimum absolute atomic E-state index is 0.0156. The Morgan fingerprint density at radius 2 is 1.65 bits per heavy atom. The van der Waals surface area contributed by atoms with Gasteiger partial charge in [0.15, 0.2) is 11.7 Å². The van der Waals surface area contributed by atoms with Crippen molar-refractivity contribution in [1.82, 2.24) is 20.1 Å². The predicted octanol–water partition coefficient (Wildman–Crippen LogP) is 4.01. The van der Waals surface area contributed by atoms with Gasteiger partial charge in [-0.3, -0.25) is 14.6 Å². The average Bonchev–Trinajstić information content (AvgIpc) is 3.36. The molecule has 2 aromatic heterocycles. The maximum Gasteiger partial charge on any atom is 0.404 e. The molecule has 0 saturated carbocycles. The zero-order valence-electron chi connectivity index (χ0n) is 18.3. The third-order valence-corrected chi connectivity index (χ3v) is 5.03. The number of nitrogens with one attached hydrogen (secondary N) is 1. The molecule has 10 heteroatoms. The number of likely N-dealkylation sites (tertiary alicyclic amines) is 1. The highest BCUT2D eigenvalue weighted by Crippen LogP contribution is 2.36. The number of anilines is 1. The first-order chi connectivity index (χ1) is 16.3. The van der Waals surface area contributed by atoms with Crippen LogP contribution in [0.3, 0.4) is 0 Å². The molecular weight excluding hydrogens is 447 g/mol. The van der Waals surface area contributed by atoms with Crippen LogP contribution in [0.25, 0.3) is 0 Å². The molecule has 1 aliphatic heterocycles. The molecule has 0 bridgehead atoms. The third-order valence-electron chi connectivity index (χ3n) is 5.03. The third kappa shape index (κ3) is 7.36. The first-order valence-corrected chi connectivity index (χ1v) is 10.7. The van der Waals surface area contributed by atoms with E-state index in [1.54, 1.807) is 36.7 Å². The van der Waals surface area contributed by atoms with E-state index >= 15 is 0 Å². The van der Waals surface area contributed by atoms with Gasteiger partial charge in [0.1, 0.15) is 0 Å². The van der Waals surface area contributed by atoms with Crippen molar-refractivity contribution in [2.45, 2.75) is 31.4 Å². The second kappa shape index (κ2) is 11.9. The van der Waals surface area contributed by atoms with Gasteiger partial charge in [0.2, 0.25) is 11.8 Å². The van der Waals surface area contributed by atoms with Crippen LogP contribution in [-0.4, -0.2) is 51.2 Å². The zero-order valence-corrected chi connectivity index (χ0v) is 18.3.